The van der Waals surface area contributed by atoms with Gasteiger partial charge in [0.05, 0.1) is 12.2 Å². The number of nitrogens with one attached hydrogen (secondary N) is 1. The van der Waals surface area contributed by atoms with E-state index in [-0.39, 0.29) is 11.9 Å². The SMILES string of the molecule is COCC(C)NC(=O)c1cccnc1Br. The molecule has 0 aliphatic heterocycles. The van der Waals surface area contributed by atoms with Crippen LogP contribution in [0.5, 0.6) is 0 Å². The van der Waals surface area contributed by atoms with Crippen LogP contribution in [0, 0.1) is 0 Å². The number of pyridine rings is 1. The third-order valence-corrected chi connectivity index (χ3v) is 2.43. The topological polar surface area (TPSA) is 51.2 Å². The molecule has 0 fully saturated rings. The van der Waals surface area contributed by atoms with Crippen molar-refractivity contribution in [3.8, 4) is 0 Å². The van der Waals surface area contributed by atoms with Crippen molar-refractivity contribution in [1.29, 1.82) is 0 Å². The molecule has 0 bridgehead atoms. The van der Waals surface area contributed by atoms with Gasteiger partial charge >= 0.3 is 0 Å². The summed E-state index contributed by atoms with van der Waals surface area (Å²) in [5.41, 5.74) is 0.528. The molecule has 82 valence electrons. The molecule has 0 aromatic carbocycles. The summed E-state index contributed by atoms with van der Waals surface area (Å²) < 4.78 is 5.48. The van der Waals surface area contributed by atoms with Gasteiger partial charge in [0.1, 0.15) is 4.60 Å². The molecule has 0 saturated carbocycles. The normalized spacial score (nSPS) is 12.2. The van der Waals surface area contributed by atoms with Crippen LogP contribution in [-0.4, -0.2) is 30.6 Å². The number of hydrogen-bond donors (Lipinski definition) is 1. The van der Waals surface area contributed by atoms with Crippen molar-refractivity contribution in [1.82, 2.24) is 10.3 Å². The molecule has 0 aliphatic carbocycles. The number of rotatable bonds is 4. The summed E-state index contributed by atoms with van der Waals surface area (Å²) in [5, 5.41) is 2.80. The highest BCUT2D eigenvalue weighted by molar-refractivity contribution is 9.10. The number of nitrogens with zero attached hydrogens (tertiary/aromatic N) is 1. The zero-order chi connectivity index (χ0) is 11.3. The van der Waals surface area contributed by atoms with Crippen molar-refractivity contribution in [2.45, 2.75) is 13.0 Å². The Morgan fingerprint density at radius 2 is 2.47 bits per heavy atom. The lowest BCUT2D eigenvalue weighted by Crippen LogP contribution is -2.35. The van der Waals surface area contributed by atoms with Gasteiger partial charge in [-0.1, -0.05) is 0 Å². The molecule has 0 radical (unpaired) electrons. The Bertz CT molecular complexity index is 344. The summed E-state index contributed by atoms with van der Waals surface area (Å²) in [6, 6.07) is 3.42. The number of hydrogen-bond acceptors (Lipinski definition) is 3. The first kappa shape index (κ1) is 12.1. The summed E-state index contributed by atoms with van der Waals surface area (Å²) in [6.07, 6.45) is 1.62. The minimum absolute atomic E-state index is 0.0189. The summed E-state index contributed by atoms with van der Waals surface area (Å²) in [7, 11) is 1.60. The lowest BCUT2D eigenvalue weighted by molar-refractivity contribution is 0.0904. The van der Waals surface area contributed by atoms with Gasteiger partial charge in [0.15, 0.2) is 0 Å². The fourth-order valence-corrected chi connectivity index (χ4v) is 1.58. The number of carbonyl (C=O) groups excluding carboxylic acids is 1. The highest BCUT2D eigenvalue weighted by Gasteiger charge is 2.12. The summed E-state index contributed by atoms with van der Waals surface area (Å²) in [4.78, 5) is 15.7. The zero-order valence-electron chi connectivity index (χ0n) is 8.66. The van der Waals surface area contributed by atoms with Crippen LogP contribution in [0.3, 0.4) is 0 Å². The third-order valence-electron chi connectivity index (χ3n) is 1.80. The lowest BCUT2D eigenvalue weighted by atomic mass is 10.2. The van der Waals surface area contributed by atoms with Gasteiger partial charge in [-0.2, -0.15) is 0 Å². The smallest absolute Gasteiger partial charge is 0.254 e. The number of methoxy groups -OCH3 is 1. The molecular weight excluding hydrogens is 260 g/mol. The third kappa shape index (κ3) is 3.60. The standard InChI is InChI=1S/C10H13BrN2O2/c1-7(6-15-2)13-10(14)8-4-3-5-12-9(8)11/h3-5,7H,6H2,1-2H3,(H,13,14). The molecule has 1 unspecified atom stereocenters. The van der Waals surface area contributed by atoms with E-state index in [4.69, 9.17) is 4.74 Å². The predicted molar refractivity (Wildman–Crippen MR) is 60.7 cm³/mol. The van der Waals surface area contributed by atoms with E-state index < -0.39 is 0 Å². The number of ether oxygens (including phenoxy) is 1. The number of carbonyl (C=O) groups is 1. The molecule has 1 aromatic rings. The molecule has 1 atom stereocenters. The Labute approximate surface area is 97.2 Å². The Hall–Kier alpha value is -0.940. The van der Waals surface area contributed by atoms with Crippen LogP contribution in [0.25, 0.3) is 0 Å². The lowest BCUT2D eigenvalue weighted by Gasteiger charge is -2.12. The fraction of sp³-hybridized carbons (Fsp3) is 0.400. The van der Waals surface area contributed by atoms with E-state index >= 15 is 0 Å². The maximum Gasteiger partial charge on any atom is 0.254 e. The van der Waals surface area contributed by atoms with Gasteiger partial charge in [0.2, 0.25) is 0 Å². The maximum absolute atomic E-state index is 11.7. The van der Waals surface area contributed by atoms with Crippen molar-refractivity contribution in [3.05, 3.63) is 28.5 Å². The van der Waals surface area contributed by atoms with Gasteiger partial charge < -0.3 is 10.1 Å². The fourth-order valence-electron chi connectivity index (χ4n) is 1.15. The van der Waals surface area contributed by atoms with E-state index in [1.165, 1.54) is 0 Å². The van der Waals surface area contributed by atoms with E-state index in [0.717, 1.165) is 0 Å². The van der Waals surface area contributed by atoms with Crippen LogP contribution in [0.15, 0.2) is 22.9 Å². The molecular formula is C10H13BrN2O2. The van der Waals surface area contributed by atoms with Crippen molar-refractivity contribution in [2.75, 3.05) is 13.7 Å². The average Bonchev–Trinajstić information content (AvgIpc) is 2.18. The van der Waals surface area contributed by atoms with Crippen molar-refractivity contribution >= 4 is 21.8 Å². The molecule has 0 spiro atoms. The molecule has 1 rings (SSSR count). The predicted octanol–water partition coefficient (Wildman–Crippen LogP) is 1.61. The van der Waals surface area contributed by atoms with E-state index in [2.05, 4.69) is 26.2 Å². The van der Waals surface area contributed by atoms with Crippen LogP contribution in [0.1, 0.15) is 17.3 Å². The average molecular weight is 273 g/mol. The first-order valence-electron chi connectivity index (χ1n) is 4.55. The van der Waals surface area contributed by atoms with Crippen LogP contribution >= 0.6 is 15.9 Å². The van der Waals surface area contributed by atoms with E-state index in [1.54, 1.807) is 25.4 Å². The Morgan fingerprint density at radius 1 is 1.73 bits per heavy atom. The van der Waals surface area contributed by atoms with Gasteiger partial charge in [-0.25, -0.2) is 4.98 Å². The first-order chi connectivity index (χ1) is 7.15. The van der Waals surface area contributed by atoms with Crippen LogP contribution < -0.4 is 5.32 Å². The first-order valence-corrected chi connectivity index (χ1v) is 5.34. The number of aromatic nitrogens is 1. The highest BCUT2D eigenvalue weighted by atomic mass is 79.9. The van der Waals surface area contributed by atoms with Gasteiger partial charge in [0.25, 0.3) is 5.91 Å². The quantitative estimate of drug-likeness (QED) is 0.848. The van der Waals surface area contributed by atoms with Crippen LogP contribution in [0.2, 0.25) is 0 Å². The Kier molecular flexibility index (Phi) is 4.71. The Balaban J connectivity index is 2.65. The minimum Gasteiger partial charge on any atom is -0.383 e. The monoisotopic (exact) mass is 272 g/mol. The molecule has 1 N–H and O–H groups in total. The molecule has 1 aromatic heterocycles. The van der Waals surface area contributed by atoms with Crippen LogP contribution in [-0.2, 0) is 4.74 Å². The van der Waals surface area contributed by atoms with E-state index in [9.17, 15) is 4.79 Å². The van der Waals surface area contributed by atoms with Gasteiger partial charge in [0, 0.05) is 19.3 Å². The second kappa shape index (κ2) is 5.82. The molecule has 4 nitrogen and oxygen atoms in total. The summed E-state index contributed by atoms with van der Waals surface area (Å²) in [5.74, 6) is -0.153. The molecule has 1 heterocycles. The Morgan fingerprint density at radius 3 is 3.07 bits per heavy atom. The summed E-state index contributed by atoms with van der Waals surface area (Å²) in [6.45, 7) is 2.37. The minimum atomic E-state index is -0.153. The van der Waals surface area contributed by atoms with Crippen molar-refractivity contribution in [3.63, 3.8) is 0 Å². The second-order valence-electron chi connectivity index (χ2n) is 3.17. The maximum atomic E-state index is 11.7. The molecule has 15 heavy (non-hydrogen) atoms. The van der Waals surface area contributed by atoms with Crippen LogP contribution in [0.4, 0.5) is 0 Å². The van der Waals surface area contributed by atoms with E-state index in [1.807, 2.05) is 6.92 Å². The molecule has 0 saturated heterocycles. The van der Waals surface area contributed by atoms with Crippen molar-refractivity contribution < 1.29 is 9.53 Å². The van der Waals surface area contributed by atoms with E-state index in [0.29, 0.717) is 16.8 Å². The van der Waals surface area contributed by atoms with Gasteiger partial charge in [-0.3, -0.25) is 4.79 Å². The number of halogens is 1. The van der Waals surface area contributed by atoms with Gasteiger partial charge in [-0.15, -0.1) is 0 Å². The second-order valence-corrected chi connectivity index (χ2v) is 3.92. The highest BCUT2D eigenvalue weighted by Crippen LogP contribution is 2.12. The largest absolute Gasteiger partial charge is 0.383 e. The van der Waals surface area contributed by atoms with Gasteiger partial charge in [-0.05, 0) is 35.0 Å². The number of amides is 1. The molecule has 1 amide bonds. The summed E-state index contributed by atoms with van der Waals surface area (Å²) >= 11 is 3.22. The van der Waals surface area contributed by atoms with Crippen molar-refractivity contribution in [2.24, 2.45) is 0 Å². The molecule has 0 aliphatic rings. The molecule has 5 heteroatoms. The zero-order valence-corrected chi connectivity index (χ0v) is 10.2.